The molecule has 0 radical (unpaired) electrons. The van der Waals surface area contributed by atoms with Crippen LogP contribution < -0.4 is 4.74 Å². The van der Waals surface area contributed by atoms with Gasteiger partial charge < -0.3 is 9.47 Å². The third-order valence-electron chi connectivity index (χ3n) is 7.31. The number of ether oxygens (including phenoxy) is 2. The highest BCUT2D eigenvalue weighted by molar-refractivity contribution is 7.89. The summed E-state index contributed by atoms with van der Waals surface area (Å²) >= 11 is 0. The molecule has 1 aliphatic heterocycles. The van der Waals surface area contributed by atoms with E-state index in [1.165, 1.54) is 11.6 Å². The zero-order chi connectivity index (χ0) is 22.1. The van der Waals surface area contributed by atoms with Gasteiger partial charge >= 0.3 is 0 Å². The molecule has 3 nitrogen and oxygen atoms in total. The fraction of sp³-hybridized carbons (Fsp3) is 0.727. The average molecular weight is 468 g/mol. The third-order valence-corrected chi connectivity index (χ3v) is 81.4. The highest BCUT2D eigenvalue weighted by Gasteiger charge is 2.62. The van der Waals surface area contributed by atoms with Crippen LogP contribution in [0.5, 0.6) is 5.75 Å². The highest BCUT2D eigenvalue weighted by atomic mass is 29.9. The first-order valence-electron chi connectivity index (χ1n) is 11.2. The molecule has 1 fully saturated rings. The molecule has 1 aliphatic rings. The van der Waals surface area contributed by atoms with Gasteiger partial charge in [0.15, 0.2) is 0 Å². The van der Waals surface area contributed by atoms with Crippen molar-refractivity contribution in [2.45, 2.75) is 71.0 Å². The molecule has 0 aliphatic carbocycles. The van der Waals surface area contributed by atoms with E-state index in [2.05, 4.69) is 88.1 Å². The van der Waals surface area contributed by atoms with Gasteiger partial charge in [-0.25, -0.2) is 0 Å². The van der Waals surface area contributed by atoms with E-state index < -0.39 is 29.4 Å². The first kappa shape index (κ1) is 25.1. The SMILES string of the molecule is COc1cccc(C(C[Si]([Si](C)(C)C)([Si](C)(C)C)[Si](C)(C)C)N2CCOCC2)c1. The Kier molecular flexibility index (Phi) is 7.89. The summed E-state index contributed by atoms with van der Waals surface area (Å²) in [5.41, 5.74) is 1.46. The summed E-state index contributed by atoms with van der Waals surface area (Å²) in [6.07, 6.45) is 0. The van der Waals surface area contributed by atoms with Crippen LogP contribution in [-0.4, -0.2) is 67.7 Å². The molecule has 166 valence electrons. The predicted molar refractivity (Wildman–Crippen MR) is 139 cm³/mol. The summed E-state index contributed by atoms with van der Waals surface area (Å²) in [7, 11) is -2.16. The Bertz CT molecular complexity index is 635. The Hall–Kier alpha value is -0.192. The predicted octanol–water partition coefficient (Wildman–Crippen LogP) is 5.77. The number of nitrogens with zero attached hydrogens (tertiary/aromatic N) is 1. The summed E-state index contributed by atoms with van der Waals surface area (Å²) < 4.78 is 11.4. The van der Waals surface area contributed by atoms with E-state index in [1.54, 1.807) is 7.11 Å². The van der Waals surface area contributed by atoms with Gasteiger partial charge in [-0.3, -0.25) is 4.90 Å². The second-order valence-electron chi connectivity index (χ2n) is 11.8. The van der Waals surface area contributed by atoms with Crippen LogP contribution in [0, 0.1) is 0 Å². The molecule has 1 unspecified atom stereocenters. The van der Waals surface area contributed by atoms with Crippen molar-refractivity contribution in [2.24, 2.45) is 0 Å². The van der Waals surface area contributed by atoms with E-state index in [-0.39, 0.29) is 0 Å². The molecule has 0 bridgehead atoms. The van der Waals surface area contributed by atoms with Crippen molar-refractivity contribution < 1.29 is 9.47 Å². The van der Waals surface area contributed by atoms with Crippen LogP contribution in [0.25, 0.3) is 0 Å². The molecule has 1 saturated heterocycles. The molecule has 7 heteroatoms. The van der Waals surface area contributed by atoms with Crippen molar-refractivity contribution in [1.29, 1.82) is 0 Å². The maximum Gasteiger partial charge on any atom is 0.119 e. The Labute approximate surface area is 183 Å². The monoisotopic (exact) mass is 467 g/mol. The number of hydrogen-bond acceptors (Lipinski definition) is 3. The normalized spacial score (nSPS) is 18.6. The number of rotatable bonds is 8. The van der Waals surface area contributed by atoms with Crippen molar-refractivity contribution in [3.8, 4) is 5.75 Å². The van der Waals surface area contributed by atoms with Crippen LogP contribution in [0.15, 0.2) is 24.3 Å². The first-order chi connectivity index (χ1) is 13.2. The van der Waals surface area contributed by atoms with E-state index >= 15 is 0 Å². The average Bonchev–Trinajstić information content (AvgIpc) is 2.60. The summed E-state index contributed by atoms with van der Waals surface area (Å²) in [6, 6.07) is 10.9. The number of hydrogen-bond donors (Lipinski definition) is 0. The summed E-state index contributed by atoms with van der Waals surface area (Å²) in [5.74, 6) is 0.988. The van der Waals surface area contributed by atoms with Crippen molar-refractivity contribution >= 4 is 29.4 Å². The molecule has 29 heavy (non-hydrogen) atoms. The molecule has 0 amide bonds. The molecule has 0 aromatic heterocycles. The topological polar surface area (TPSA) is 21.7 Å². The molecule has 1 aromatic carbocycles. The van der Waals surface area contributed by atoms with Crippen molar-refractivity contribution in [2.75, 3.05) is 33.4 Å². The van der Waals surface area contributed by atoms with Gasteiger partial charge in [0.05, 0.1) is 20.3 Å². The van der Waals surface area contributed by atoms with Crippen LogP contribution in [0.3, 0.4) is 0 Å². The van der Waals surface area contributed by atoms with E-state index in [0.717, 1.165) is 32.1 Å². The highest BCUT2D eigenvalue weighted by Crippen LogP contribution is 2.45. The van der Waals surface area contributed by atoms with Gasteiger partial charge in [-0.05, 0) is 23.7 Å². The standard InChI is InChI=1S/C22H45NO2Si4/c1-24-21-13-11-12-20(18-21)22(23-14-16-25-17-15-23)19-29(26(2,3)4,27(5,6)7)28(8,9)10/h11-13,18,22H,14-17,19H2,1-10H3. The molecular weight excluding hydrogens is 423 g/mol. The molecule has 0 saturated carbocycles. The minimum atomic E-state index is -1.46. The lowest BCUT2D eigenvalue weighted by Gasteiger charge is -2.59. The van der Waals surface area contributed by atoms with Gasteiger partial charge in [0.25, 0.3) is 0 Å². The summed E-state index contributed by atoms with van der Waals surface area (Å²) in [5, 5.41) is 0. The van der Waals surface area contributed by atoms with Crippen molar-refractivity contribution in [3.05, 3.63) is 29.8 Å². The fourth-order valence-corrected chi connectivity index (χ4v) is 105. The van der Waals surface area contributed by atoms with Gasteiger partial charge in [-0.2, -0.15) is 0 Å². The molecule has 1 aromatic rings. The van der Waals surface area contributed by atoms with Crippen molar-refractivity contribution in [3.63, 3.8) is 0 Å². The molecule has 0 N–H and O–H groups in total. The van der Waals surface area contributed by atoms with E-state index in [4.69, 9.17) is 9.47 Å². The van der Waals surface area contributed by atoms with Crippen LogP contribution >= 0.6 is 0 Å². The van der Waals surface area contributed by atoms with Gasteiger partial charge in [0.1, 0.15) is 5.75 Å². The number of methoxy groups -OCH3 is 1. The largest absolute Gasteiger partial charge is 0.497 e. The van der Waals surface area contributed by atoms with E-state index in [0.29, 0.717) is 6.04 Å². The summed E-state index contributed by atoms with van der Waals surface area (Å²) in [6.45, 7) is 26.7. The fourth-order valence-electron chi connectivity index (χ4n) is 6.78. The number of benzene rings is 1. The lowest BCUT2D eigenvalue weighted by atomic mass is 10.1. The smallest absolute Gasteiger partial charge is 0.119 e. The molecule has 2 rings (SSSR count). The molecule has 1 heterocycles. The van der Waals surface area contributed by atoms with Crippen LogP contribution in [0.4, 0.5) is 0 Å². The first-order valence-corrected chi connectivity index (χ1v) is 26.9. The zero-order valence-electron chi connectivity index (χ0n) is 20.7. The maximum atomic E-state index is 5.73. The Balaban J connectivity index is 2.64. The molecular formula is C22H45NO2Si4. The quantitative estimate of drug-likeness (QED) is 0.453. The minimum Gasteiger partial charge on any atom is -0.497 e. The Morgan fingerprint density at radius 3 is 1.86 bits per heavy atom. The third kappa shape index (κ3) is 5.18. The van der Waals surface area contributed by atoms with E-state index in [1.807, 2.05) is 0 Å². The summed E-state index contributed by atoms with van der Waals surface area (Å²) in [4.78, 5) is 2.74. The van der Waals surface area contributed by atoms with Gasteiger partial charge in [0.2, 0.25) is 0 Å². The van der Waals surface area contributed by atoms with Gasteiger partial charge in [-0.1, -0.05) is 71.1 Å². The van der Waals surface area contributed by atoms with Crippen LogP contribution in [0.1, 0.15) is 11.6 Å². The molecule has 1 atom stereocenters. The van der Waals surface area contributed by atoms with Crippen LogP contribution in [-0.2, 0) is 4.74 Å². The number of morpholine rings is 1. The lowest BCUT2D eigenvalue weighted by molar-refractivity contribution is 0.0198. The minimum absolute atomic E-state index is 0.505. The Morgan fingerprint density at radius 2 is 1.41 bits per heavy atom. The Morgan fingerprint density at radius 1 is 0.897 bits per heavy atom. The maximum absolute atomic E-state index is 5.73. The second kappa shape index (κ2) is 9.12. The second-order valence-corrected chi connectivity index (χ2v) is 53.2. The molecule has 0 spiro atoms. The lowest BCUT2D eigenvalue weighted by Crippen LogP contribution is -2.83. The van der Waals surface area contributed by atoms with Crippen LogP contribution in [0.2, 0.25) is 65.0 Å². The van der Waals surface area contributed by atoms with Crippen molar-refractivity contribution in [1.82, 2.24) is 4.90 Å². The van der Waals surface area contributed by atoms with Gasteiger partial charge in [0, 0.05) is 48.5 Å². The zero-order valence-corrected chi connectivity index (χ0v) is 24.7. The van der Waals surface area contributed by atoms with Gasteiger partial charge in [-0.15, -0.1) is 0 Å². The van der Waals surface area contributed by atoms with E-state index in [9.17, 15) is 0 Å².